The third-order valence-electron chi connectivity index (χ3n) is 3.09. The molecule has 5 nitrogen and oxygen atoms in total. The summed E-state index contributed by atoms with van der Waals surface area (Å²) in [6.07, 6.45) is 0. The van der Waals surface area contributed by atoms with Crippen molar-refractivity contribution in [3.8, 4) is 11.6 Å². The maximum atomic E-state index is 5.99. The molecule has 3 aromatic rings. The van der Waals surface area contributed by atoms with E-state index in [0.717, 1.165) is 11.3 Å². The molecule has 0 unspecified atom stereocenters. The van der Waals surface area contributed by atoms with Crippen molar-refractivity contribution in [1.29, 1.82) is 0 Å². The van der Waals surface area contributed by atoms with Gasteiger partial charge in [0.15, 0.2) is 0 Å². The van der Waals surface area contributed by atoms with Gasteiger partial charge in [-0.05, 0) is 30.7 Å². The summed E-state index contributed by atoms with van der Waals surface area (Å²) < 4.78 is 7.39. The third-order valence-corrected chi connectivity index (χ3v) is 4.71. The zero-order valence-electron chi connectivity index (χ0n) is 11.9. The van der Waals surface area contributed by atoms with Crippen LogP contribution in [0.4, 0.5) is 0 Å². The average molecular weight is 355 g/mol. The normalized spacial score (nSPS) is 11.1. The molecule has 0 bridgehead atoms. The molecule has 2 heterocycles. The van der Waals surface area contributed by atoms with Gasteiger partial charge in [0, 0.05) is 18.5 Å². The van der Waals surface area contributed by atoms with Crippen molar-refractivity contribution in [2.45, 2.75) is 17.9 Å². The van der Waals surface area contributed by atoms with Crippen LogP contribution >= 0.6 is 35.0 Å². The molecule has 8 heteroatoms. The summed E-state index contributed by atoms with van der Waals surface area (Å²) in [7, 11) is 1.87. The van der Waals surface area contributed by atoms with E-state index in [1.807, 2.05) is 32.2 Å². The highest BCUT2D eigenvalue weighted by molar-refractivity contribution is 7.98. The van der Waals surface area contributed by atoms with Crippen LogP contribution in [0.15, 0.2) is 33.9 Å². The topological polar surface area (TPSA) is 56.7 Å². The molecule has 0 saturated carbocycles. The van der Waals surface area contributed by atoms with Crippen molar-refractivity contribution in [2.24, 2.45) is 7.05 Å². The molecule has 0 atom stereocenters. The maximum absolute atomic E-state index is 5.99. The first kappa shape index (κ1) is 15.4. The minimum Gasteiger partial charge on any atom is -0.410 e. The van der Waals surface area contributed by atoms with E-state index in [2.05, 4.69) is 15.3 Å². The zero-order chi connectivity index (χ0) is 15.7. The quantitative estimate of drug-likeness (QED) is 0.650. The molecule has 0 N–H and O–H groups in total. The largest absolute Gasteiger partial charge is 0.410 e. The highest BCUT2D eigenvalue weighted by atomic mass is 35.5. The van der Waals surface area contributed by atoms with Crippen molar-refractivity contribution in [3.63, 3.8) is 0 Å². The smallest absolute Gasteiger partial charge is 0.277 e. The van der Waals surface area contributed by atoms with E-state index in [1.54, 1.807) is 10.7 Å². The molecular formula is C14H12Cl2N4OS. The van der Waals surface area contributed by atoms with Crippen molar-refractivity contribution in [3.05, 3.63) is 45.6 Å². The van der Waals surface area contributed by atoms with Gasteiger partial charge in [-0.2, -0.15) is 5.10 Å². The molecule has 0 amide bonds. The van der Waals surface area contributed by atoms with Crippen molar-refractivity contribution in [2.75, 3.05) is 0 Å². The predicted octanol–water partition coefficient (Wildman–Crippen LogP) is 4.38. The van der Waals surface area contributed by atoms with Gasteiger partial charge in [0.25, 0.3) is 11.1 Å². The summed E-state index contributed by atoms with van der Waals surface area (Å²) in [6.45, 7) is 1.97. The second-order valence-corrected chi connectivity index (χ2v) is 6.45. The van der Waals surface area contributed by atoms with Crippen molar-refractivity contribution in [1.82, 2.24) is 20.0 Å². The van der Waals surface area contributed by atoms with Gasteiger partial charge < -0.3 is 4.42 Å². The number of aromatic nitrogens is 4. The van der Waals surface area contributed by atoms with E-state index in [9.17, 15) is 0 Å². The molecule has 0 aliphatic rings. The van der Waals surface area contributed by atoms with Crippen molar-refractivity contribution >= 4 is 35.0 Å². The number of halogens is 2. The highest BCUT2D eigenvalue weighted by Crippen LogP contribution is 2.28. The number of aryl methyl sites for hydroxylation is 2. The van der Waals surface area contributed by atoms with Crippen LogP contribution in [0, 0.1) is 6.92 Å². The third kappa shape index (κ3) is 3.29. The van der Waals surface area contributed by atoms with Gasteiger partial charge in [0.05, 0.1) is 10.0 Å². The van der Waals surface area contributed by atoms with E-state index in [0.29, 0.717) is 32.6 Å². The Morgan fingerprint density at radius 1 is 1.18 bits per heavy atom. The second kappa shape index (κ2) is 6.32. The lowest BCUT2D eigenvalue weighted by atomic mass is 10.2. The lowest BCUT2D eigenvalue weighted by molar-refractivity contribution is 0.464. The summed E-state index contributed by atoms with van der Waals surface area (Å²) in [5.41, 5.74) is 2.74. The summed E-state index contributed by atoms with van der Waals surface area (Å²) in [4.78, 5) is 0. The number of benzene rings is 1. The minimum absolute atomic E-state index is 0.417. The van der Waals surface area contributed by atoms with Gasteiger partial charge in [0.1, 0.15) is 5.69 Å². The molecule has 2 aromatic heterocycles. The molecule has 3 rings (SSSR count). The van der Waals surface area contributed by atoms with Crippen LogP contribution in [0.25, 0.3) is 11.6 Å². The molecule has 22 heavy (non-hydrogen) atoms. The molecule has 0 spiro atoms. The van der Waals surface area contributed by atoms with Crippen LogP contribution in [0.3, 0.4) is 0 Å². The van der Waals surface area contributed by atoms with Crippen LogP contribution in [-0.2, 0) is 12.8 Å². The number of thioether (sulfide) groups is 1. The Morgan fingerprint density at radius 3 is 2.68 bits per heavy atom. The zero-order valence-corrected chi connectivity index (χ0v) is 14.2. The first-order chi connectivity index (χ1) is 10.5. The van der Waals surface area contributed by atoms with Crippen molar-refractivity contribution < 1.29 is 4.42 Å². The molecule has 0 aliphatic carbocycles. The Balaban J connectivity index is 1.70. The van der Waals surface area contributed by atoms with Crippen LogP contribution < -0.4 is 0 Å². The first-order valence-electron chi connectivity index (χ1n) is 6.44. The Morgan fingerprint density at radius 2 is 2.00 bits per heavy atom. The fourth-order valence-electron chi connectivity index (χ4n) is 1.81. The summed E-state index contributed by atoms with van der Waals surface area (Å²) in [6, 6.07) is 7.42. The molecule has 114 valence electrons. The Hall–Kier alpha value is -1.50. The summed E-state index contributed by atoms with van der Waals surface area (Å²) in [5.74, 6) is 1.08. The van der Waals surface area contributed by atoms with Gasteiger partial charge in [0.2, 0.25) is 0 Å². The fraction of sp³-hybridized carbons (Fsp3) is 0.214. The Bertz CT molecular complexity index is 796. The van der Waals surface area contributed by atoms with Crippen LogP contribution in [0.5, 0.6) is 0 Å². The van der Waals surface area contributed by atoms with Crippen LogP contribution in [0.1, 0.15) is 11.3 Å². The molecule has 0 saturated heterocycles. The van der Waals surface area contributed by atoms with E-state index in [1.165, 1.54) is 11.8 Å². The maximum Gasteiger partial charge on any atom is 0.277 e. The first-order valence-corrected chi connectivity index (χ1v) is 8.18. The second-order valence-electron chi connectivity index (χ2n) is 4.70. The number of hydrogen-bond acceptors (Lipinski definition) is 5. The van der Waals surface area contributed by atoms with Gasteiger partial charge >= 0.3 is 0 Å². The van der Waals surface area contributed by atoms with Gasteiger partial charge in [-0.15, -0.1) is 10.2 Å². The van der Waals surface area contributed by atoms with E-state index in [4.69, 9.17) is 27.6 Å². The SMILES string of the molecule is Cc1cc(-c2nnc(SCc3ccc(Cl)c(Cl)c3)o2)nn1C. The Kier molecular flexibility index (Phi) is 4.42. The monoisotopic (exact) mass is 354 g/mol. The van der Waals surface area contributed by atoms with E-state index >= 15 is 0 Å². The predicted molar refractivity (Wildman–Crippen MR) is 87.3 cm³/mol. The number of rotatable bonds is 4. The van der Waals surface area contributed by atoms with Gasteiger partial charge in [-0.25, -0.2) is 0 Å². The molecular weight excluding hydrogens is 343 g/mol. The lowest BCUT2D eigenvalue weighted by Gasteiger charge is -2.00. The average Bonchev–Trinajstić information content (AvgIpc) is 3.08. The van der Waals surface area contributed by atoms with E-state index in [-0.39, 0.29) is 0 Å². The summed E-state index contributed by atoms with van der Waals surface area (Å²) >= 11 is 13.3. The fourth-order valence-corrected chi connectivity index (χ4v) is 2.84. The molecule has 0 fully saturated rings. The van der Waals surface area contributed by atoms with Gasteiger partial charge in [-0.1, -0.05) is 41.0 Å². The molecule has 1 aromatic carbocycles. The standard InChI is InChI=1S/C14H12Cl2N4OS/c1-8-5-12(19-20(8)2)13-17-18-14(21-13)22-7-9-3-4-10(15)11(16)6-9/h3-6H,7H2,1-2H3. The Labute approximate surface area is 141 Å². The number of hydrogen-bond donors (Lipinski definition) is 0. The highest BCUT2D eigenvalue weighted by Gasteiger charge is 2.13. The molecule has 0 aliphatic heterocycles. The lowest BCUT2D eigenvalue weighted by Crippen LogP contribution is -1.92. The van der Waals surface area contributed by atoms with Crippen LogP contribution in [-0.4, -0.2) is 20.0 Å². The van der Waals surface area contributed by atoms with Gasteiger partial charge in [-0.3, -0.25) is 4.68 Å². The van der Waals surface area contributed by atoms with Crippen LogP contribution in [0.2, 0.25) is 10.0 Å². The minimum atomic E-state index is 0.417. The van der Waals surface area contributed by atoms with E-state index < -0.39 is 0 Å². The number of nitrogens with zero attached hydrogens (tertiary/aromatic N) is 4. The summed E-state index contributed by atoms with van der Waals surface area (Å²) in [5, 5.41) is 13.9. The molecule has 0 radical (unpaired) electrons.